The first-order valence-electron chi connectivity index (χ1n) is 6.71. The zero-order valence-electron chi connectivity index (χ0n) is 11.9. The fraction of sp³-hybridized carbons (Fsp3) is 0.375. The number of aryl methyl sites for hydroxylation is 3. The quantitative estimate of drug-likeness (QED) is 0.780. The molecule has 2 rings (SSSR count). The van der Waals surface area contributed by atoms with E-state index in [1.165, 1.54) is 22.4 Å². The Morgan fingerprint density at radius 2 is 1.79 bits per heavy atom. The van der Waals surface area contributed by atoms with E-state index in [0.717, 1.165) is 25.4 Å². The Kier molecular flexibility index (Phi) is 4.63. The van der Waals surface area contributed by atoms with Crippen LogP contribution in [0.25, 0.3) is 0 Å². The Labute approximate surface area is 115 Å². The molecule has 0 amide bonds. The number of furan rings is 1. The second-order valence-corrected chi connectivity index (χ2v) is 4.96. The Balaban J connectivity index is 1.77. The lowest BCUT2D eigenvalue weighted by molar-refractivity contribution is 0.486. The third-order valence-electron chi connectivity index (χ3n) is 3.16. The monoisotopic (exact) mass is 258 g/mol. The van der Waals surface area contributed by atoms with Gasteiger partial charge in [-0.1, -0.05) is 17.7 Å². The molecule has 1 aromatic heterocycles. The molecule has 0 aliphatic carbocycles. The average molecular weight is 258 g/mol. The standard InChI is InChI=1S/C16H22N2O/c1-12-9-13(2)16(14(3)10-12)18-7-6-17-11-15-5-4-8-19-15/h4-5,8-10,17-18H,6-7,11H2,1-3H3. The summed E-state index contributed by atoms with van der Waals surface area (Å²) >= 11 is 0. The van der Waals surface area contributed by atoms with Gasteiger partial charge in [0.15, 0.2) is 0 Å². The first-order valence-corrected chi connectivity index (χ1v) is 6.71. The van der Waals surface area contributed by atoms with Crippen molar-refractivity contribution in [2.24, 2.45) is 0 Å². The summed E-state index contributed by atoms with van der Waals surface area (Å²) in [6.45, 7) is 9.03. The van der Waals surface area contributed by atoms with Gasteiger partial charge in [-0.25, -0.2) is 0 Å². The molecule has 0 saturated heterocycles. The molecule has 1 heterocycles. The highest BCUT2D eigenvalue weighted by atomic mass is 16.3. The minimum Gasteiger partial charge on any atom is -0.468 e. The Morgan fingerprint density at radius 3 is 2.42 bits per heavy atom. The molecule has 19 heavy (non-hydrogen) atoms. The molecule has 0 bridgehead atoms. The van der Waals surface area contributed by atoms with E-state index in [0.29, 0.717) is 0 Å². The van der Waals surface area contributed by atoms with Crippen molar-refractivity contribution in [1.82, 2.24) is 5.32 Å². The number of hydrogen-bond donors (Lipinski definition) is 2. The van der Waals surface area contributed by atoms with Crippen LogP contribution in [0, 0.1) is 20.8 Å². The summed E-state index contributed by atoms with van der Waals surface area (Å²) in [5, 5.41) is 6.85. The summed E-state index contributed by atoms with van der Waals surface area (Å²) in [6.07, 6.45) is 1.70. The molecule has 0 radical (unpaired) electrons. The molecule has 0 aliphatic heterocycles. The molecular formula is C16H22N2O. The zero-order chi connectivity index (χ0) is 13.7. The van der Waals surface area contributed by atoms with Crippen LogP contribution in [0.5, 0.6) is 0 Å². The van der Waals surface area contributed by atoms with E-state index in [1.54, 1.807) is 6.26 Å². The molecule has 1 aromatic carbocycles. The van der Waals surface area contributed by atoms with Crippen LogP contribution < -0.4 is 10.6 Å². The molecule has 0 fully saturated rings. The maximum atomic E-state index is 5.27. The van der Waals surface area contributed by atoms with Gasteiger partial charge in [0.2, 0.25) is 0 Å². The Morgan fingerprint density at radius 1 is 1.05 bits per heavy atom. The van der Waals surface area contributed by atoms with E-state index in [2.05, 4.69) is 43.5 Å². The van der Waals surface area contributed by atoms with Crippen molar-refractivity contribution in [3.05, 3.63) is 53.0 Å². The van der Waals surface area contributed by atoms with Crippen LogP contribution in [0.15, 0.2) is 34.9 Å². The van der Waals surface area contributed by atoms with Crippen molar-refractivity contribution in [2.75, 3.05) is 18.4 Å². The molecule has 2 N–H and O–H groups in total. The van der Waals surface area contributed by atoms with Crippen LogP contribution >= 0.6 is 0 Å². The smallest absolute Gasteiger partial charge is 0.117 e. The molecule has 3 heteroatoms. The van der Waals surface area contributed by atoms with Gasteiger partial charge in [0, 0.05) is 18.8 Å². The molecule has 0 atom stereocenters. The van der Waals surface area contributed by atoms with E-state index < -0.39 is 0 Å². The fourth-order valence-corrected chi connectivity index (χ4v) is 2.36. The molecule has 2 aromatic rings. The van der Waals surface area contributed by atoms with Gasteiger partial charge in [0.05, 0.1) is 12.8 Å². The van der Waals surface area contributed by atoms with Gasteiger partial charge in [-0.15, -0.1) is 0 Å². The van der Waals surface area contributed by atoms with Crippen molar-refractivity contribution in [3.8, 4) is 0 Å². The number of hydrogen-bond acceptors (Lipinski definition) is 3. The predicted molar refractivity (Wildman–Crippen MR) is 79.6 cm³/mol. The summed E-state index contributed by atoms with van der Waals surface area (Å²) < 4.78 is 5.27. The van der Waals surface area contributed by atoms with Crippen molar-refractivity contribution in [3.63, 3.8) is 0 Å². The molecule has 102 valence electrons. The van der Waals surface area contributed by atoms with E-state index in [1.807, 2.05) is 12.1 Å². The van der Waals surface area contributed by atoms with Gasteiger partial charge in [0.25, 0.3) is 0 Å². The Hall–Kier alpha value is -1.74. The van der Waals surface area contributed by atoms with Crippen LogP contribution in [-0.2, 0) is 6.54 Å². The van der Waals surface area contributed by atoms with Crippen LogP contribution in [0.3, 0.4) is 0 Å². The second kappa shape index (κ2) is 6.43. The zero-order valence-corrected chi connectivity index (χ0v) is 11.9. The highest BCUT2D eigenvalue weighted by molar-refractivity contribution is 5.58. The molecule has 0 spiro atoms. The molecular weight excluding hydrogens is 236 g/mol. The topological polar surface area (TPSA) is 37.2 Å². The summed E-state index contributed by atoms with van der Waals surface area (Å²) in [6, 6.07) is 8.32. The normalized spacial score (nSPS) is 10.7. The minimum atomic E-state index is 0.778. The number of anilines is 1. The van der Waals surface area contributed by atoms with Crippen molar-refractivity contribution >= 4 is 5.69 Å². The van der Waals surface area contributed by atoms with Crippen LogP contribution in [0.2, 0.25) is 0 Å². The average Bonchev–Trinajstić information content (AvgIpc) is 2.84. The van der Waals surface area contributed by atoms with E-state index in [-0.39, 0.29) is 0 Å². The highest BCUT2D eigenvalue weighted by Crippen LogP contribution is 2.21. The number of benzene rings is 1. The largest absolute Gasteiger partial charge is 0.468 e. The first-order chi connectivity index (χ1) is 9.16. The molecule has 3 nitrogen and oxygen atoms in total. The van der Waals surface area contributed by atoms with Gasteiger partial charge < -0.3 is 15.1 Å². The van der Waals surface area contributed by atoms with Crippen LogP contribution in [-0.4, -0.2) is 13.1 Å². The second-order valence-electron chi connectivity index (χ2n) is 4.96. The summed E-state index contributed by atoms with van der Waals surface area (Å²) in [7, 11) is 0. The van der Waals surface area contributed by atoms with Crippen molar-refractivity contribution in [2.45, 2.75) is 27.3 Å². The summed E-state index contributed by atoms with van der Waals surface area (Å²) in [5.74, 6) is 0.975. The van der Waals surface area contributed by atoms with Gasteiger partial charge in [-0.2, -0.15) is 0 Å². The van der Waals surface area contributed by atoms with Gasteiger partial charge in [-0.3, -0.25) is 0 Å². The van der Waals surface area contributed by atoms with E-state index in [9.17, 15) is 0 Å². The maximum absolute atomic E-state index is 5.27. The van der Waals surface area contributed by atoms with E-state index >= 15 is 0 Å². The third kappa shape index (κ3) is 3.86. The fourth-order valence-electron chi connectivity index (χ4n) is 2.36. The lowest BCUT2D eigenvalue weighted by atomic mass is 10.1. The maximum Gasteiger partial charge on any atom is 0.117 e. The first kappa shape index (κ1) is 13.7. The predicted octanol–water partition coefficient (Wildman–Crippen LogP) is 3.41. The Bertz CT molecular complexity index is 495. The van der Waals surface area contributed by atoms with Crippen molar-refractivity contribution in [1.29, 1.82) is 0 Å². The van der Waals surface area contributed by atoms with E-state index in [4.69, 9.17) is 4.42 Å². The molecule has 0 aliphatic rings. The lowest BCUT2D eigenvalue weighted by Gasteiger charge is -2.14. The van der Waals surface area contributed by atoms with Gasteiger partial charge >= 0.3 is 0 Å². The molecule has 0 unspecified atom stereocenters. The molecule has 0 saturated carbocycles. The SMILES string of the molecule is Cc1cc(C)c(NCCNCc2ccco2)c(C)c1. The summed E-state index contributed by atoms with van der Waals surface area (Å²) in [5.41, 5.74) is 5.19. The number of nitrogens with one attached hydrogen (secondary N) is 2. The van der Waals surface area contributed by atoms with Gasteiger partial charge in [-0.05, 0) is 44.0 Å². The highest BCUT2D eigenvalue weighted by Gasteiger charge is 2.02. The van der Waals surface area contributed by atoms with Crippen LogP contribution in [0.1, 0.15) is 22.5 Å². The summed E-state index contributed by atoms with van der Waals surface area (Å²) in [4.78, 5) is 0. The minimum absolute atomic E-state index is 0.778. The number of rotatable bonds is 6. The van der Waals surface area contributed by atoms with Crippen LogP contribution in [0.4, 0.5) is 5.69 Å². The van der Waals surface area contributed by atoms with Gasteiger partial charge in [0.1, 0.15) is 5.76 Å². The van der Waals surface area contributed by atoms with Crippen molar-refractivity contribution < 1.29 is 4.42 Å². The lowest BCUT2D eigenvalue weighted by Crippen LogP contribution is -2.22. The third-order valence-corrected chi connectivity index (χ3v) is 3.16.